The topological polar surface area (TPSA) is 0 Å². The maximum atomic E-state index is 2.50. The van der Waals surface area contributed by atoms with Gasteiger partial charge in [0.25, 0.3) is 0 Å². The van der Waals surface area contributed by atoms with Crippen molar-refractivity contribution in [3.8, 4) is 0 Å². The molecule has 0 heterocycles. The van der Waals surface area contributed by atoms with E-state index in [1.807, 2.05) is 13.8 Å². The molecule has 0 aliphatic heterocycles. The summed E-state index contributed by atoms with van der Waals surface area (Å²) in [5.74, 6) is 0. The van der Waals surface area contributed by atoms with Crippen LogP contribution in [0, 0.1) is 0 Å². The molecule has 40 heavy (non-hydrogen) atoms. The van der Waals surface area contributed by atoms with Gasteiger partial charge in [0.05, 0.1) is 0 Å². The molecule has 0 atom stereocenters. The molecule has 0 amide bonds. The Morgan fingerprint density at radius 2 is 0.725 bits per heavy atom. The van der Waals surface area contributed by atoms with Crippen molar-refractivity contribution in [1.29, 1.82) is 0 Å². The molecule has 0 aromatic heterocycles. The molecule has 3 rings (SSSR count). The van der Waals surface area contributed by atoms with Gasteiger partial charge in [0.2, 0.25) is 0 Å². The van der Waals surface area contributed by atoms with Crippen LogP contribution in [0.15, 0.2) is 91.0 Å². The summed E-state index contributed by atoms with van der Waals surface area (Å²) in [5.41, 5.74) is 0. The average molecular weight is 762 g/mol. The molecule has 0 saturated heterocycles. The van der Waals surface area contributed by atoms with Gasteiger partial charge in [0.15, 0.2) is 0 Å². The van der Waals surface area contributed by atoms with Gasteiger partial charge in [0.1, 0.15) is 0 Å². The summed E-state index contributed by atoms with van der Waals surface area (Å²) in [6.07, 6.45) is 10.1. The van der Waals surface area contributed by atoms with E-state index in [0.717, 1.165) is 0 Å². The summed E-state index contributed by atoms with van der Waals surface area (Å²) in [6.45, 7) is 17.8. The van der Waals surface area contributed by atoms with E-state index < -0.39 is 26.3 Å². The largest absolute Gasteiger partial charge is 0.0622 e. The van der Waals surface area contributed by atoms with Gasteiger partial charge in [0, 0.05) is 20.4 Å². The number of rotatable bonds is 13. The van der Waals surface area contributed by atoms with Crippen molar-refractivity contribution in [1.82, 2.24) is 0 Å². The van der Waals surface area contributed by atoms with Crippen molar-refractivity contribution in [2.45, 2.75) is 118 Å². The molecule has 0 saturated carbocycles. The Morgan fingerprint density at radius 1 is 0.475 bits per heavy atom. The summed E-state index contributed by atoms with van der Waals surface area (Å²) in [5, 5.41) is 4.19. The second-order valence-corrected chi connectivity index (χ2v) is 27.3. The number of hydrogen-bond acceptors (Lipinski definition) is 0. The van der Waals surface area contributed by atoms with Gasteiger partial charge in [-0.1, -0.05) is 125 Å². The summed E-state index contributed by atoms with van der Waals surface area (Å²) in [6, 6.07) is 32.3. The quantitative estimate of drug-likeness (QED) is 0.120. The van der Waals surface area contributed by atoms with Crippen LogP contribution in [-0.2, 0) is 20.4 Å². The number of unbranched alkanes of at least 4 members (excludes halogenated alkanes) is 3. The van der Waals surface area contributed by atoms with Crippen molar-refractivity contribution in [2.75, 3.05) is 0 Å². The zero-order chi connectivity index (χ0) is 29.2. The molecule has 0 unspecified atom stereocenters. The molecule has 0 nitrogen and oxygen atoms in total. The van der Waals surface area contributed by atoms with Crippen LogP contribution >= 0.6 is 7.92 Å². The molecule has 0 spiro atoms. The smallest absolute Gasteiger partial charge is 0 e. The van der Waals surface area contributed by atoms with Crippen molar-refractivity contribution in [2.24, 2.45) is 0 Å². The fraction of sp³-hybridized carbons (Fsp3) is 0.514. The van der Waals surface area contributed by atoms with Crippen LogP contribution in [0.1, 0.15) is 100 Å². The minimum Gasteiger partial charge on any atom is -0.0622 e. The summed E-state index contributed by atoms with van der Waals surface area (Å²) < 4.78 is 6.65. The second kappa shape index (κ2) is 28.7. The minimum atomic E-state index is -1.62. The molecule has 3 aromatic carbocycles. The van der Waals surface area contributed by atoms with Crippen molar-refractivity contribution >= 4 is 42.2 Å². The van der Waals surface area contributed by atoms with E-state index in [1.54, 1.807) is 17.7 Å². The van der Waals surface area contributed by atoms with Gasteiger partial charge in [-0.3, -0.25) is 0 Å². The van der Waals surface area contributed by atoms with Crippen LogP contribution in [0.3, 0.4) is 0 Å². The van der Waals surface area contributed by atoms with E-state index in [2.05, 4.69) is 133 Å². The maximum Gasteiger partial charge on any atom is 0 e. The van der Waals surface area contributed by atoms with E-state index in [4.69, 9.17) is 0 Å². The third-order valence-corrected chi connectivity index (χ3v) is 25.8. The number of hydrogen-bond donors (Lipinski definition) is 0. The molecule has 3 aromatic rings. The zero-order valence-electron chi connectivity index (χ0n) is 27.2. The fourth-order valence-corrected chi connectivity index (χ4v) is 21.7. The van der Waals surface area contributed by atoms with E-state index >= 15 is 0 Å². The minimum absolute atomic E-state index is 0. The van der Waals surface area contributed by atoms with Crippen LogP contribution < -0.4 is 15.9 Å². The molecule has 0 fully saturated rings. The van der Waals surface area contributed by atoms with Gasteiger partial charge < -0.3 is 0 Å². The van der Waals surface area contributed by atoms with Gasteiger partial charge in [-0.2, -0.15) is 0 Å². The predicted molar refractivity (Wildman–Crippen MR) is 188 cm³/mol. The molecule has 3 heteroatoms. The monoisotopic (exact) mass is 762 g/mol. The van der Waals surface area contributed by atoms with E-state index in [9.17, 15) is 0 Å². The van der Waals surface area contributed by atoms with Crippen molar-refractivity contribution < 1.29 is 20.4 Å². The zero-order valence-corrected chi connectivity index (χ0v) is 32.5. The third kappa shape index (κ3) is 17.5. The Balaban J connectivity index is 0. The van der Waals surface area contributed by atoms with Crippen LogP contribution in [0.2, 0.25) is 17.7 Å². The Morgan fingerprint density at radius 3 is 0.925 bits per heavy atom. The molecular formula is C37H61PPdSn. The molecular weight excluding hydrogens is 701 g/mol. The van der Waals surface area contributed by atoms with Gasteiger partial charge >= 0.3 is 102 Å². The number of benzene rings is 3. The molecule has 0 aliphatic rings. The molecule has 0 radical (unpaired) electrons. The summed E-state index contributed by atoms with van der Waals surface area (Å²) in [4.78, 5) is 0. The van der Waals surface area contributed by atoms with E-state index in [0.29, 0.717) is 0 Å². The van der Waals surface area contributed by atoms with Gasteiger partial charge in [-0.25, -0.2) is 0 Å². The molecule has 0 N–H and O–H groups in total. The Kier molecular flexibility index (Phi) is 29.9. The van der Waals surface area contributed by atoms with Crippen LogP contribution in [-0.4, -0.2) is 18.4 Å². The Labute approximate surface area is 269 Å². The molecule has 228 valence electrons. The van der Waals surface area contributed by atoms with E-state index in [1.165, 1.54) is 60.9 Å². The summed E-state index contributed by atoms with van der Waals surface area (Å²) in [7, 11) is -0.446. The molecule has 0 bridgehead atoms. The van der Waals surface area contributed by atoms with Crippen LogP contribution in [0.4, 0.5) is 0 Å². The van der Waals surface area contributed by atoms with Crippen LogP contribution in [0.25, 0.3) is 0 Å². The first-order valence-corrected chi connectivity index (χ1v) is 25.5. The van der Waals surface area contributed by atoms with Crippen molar-refractivity contribution in [3.63, 3.8) is 0 Å². The maximum absolute atomic E-state index is 2.50. The van der Waals surface area contributed by atoms with Crippen molar-refractivity contribution in [3.05, 3.63) is 91.0 Å². The predicted octanol–water partition coefficient (Wildman–Crippen LogP) is 11.7. The first-order chi connectivity index (χ1) is 19.1. The standard InChI is InChI=1S/C18H15P.3C4H9.C3H8.C2H6.C2H5.Pd.Sn/c1-4-10-16(11-5-1)19(17-12-6-2-7-13-17)18-14-8-3-9-15-18;3*1-3-4-2;1-3-2;2*1-2;;/h1-15H;3*1,3-4H2,2H3;3H2,1-2H3;1-2H3;1H2,2H3;;. The summed E-state index contributed by atoms with van der Waals surface area (Å²) >= 11 is -1.62. The fourth-order valence-electron chi connectivity index (χ4n) is 4.74. The average Bonchev–Trinajstić information content (AvgIpc) is 3.01. The first kappa shape index (κ1) is 41.7. The van der Waals surface area contributed by atoms with E-state index in [-0.39, 0.29) is 20.4 Å². The third-order valence-electron chi connectivity index (χ3n) is 6.98. The Bertz CT molecular complexity index is 770. The SMILES string of the molecule is CC.CCC.CCC[CH2][Sn]([CH2]C)([CH2]CCC)[CH2]CCC.[Pd].c1ccc(P(c2ccccc2)c2ccccc2)cc1. The van der Waals surface area contributed by atoms with Gasteiger partial charge in [-0.05, 0) is 23.8 Å². The molecule has 0 aliphatic carbocycles. The Hall–Kier alpha value is -0.449. The van der Waals surface area contributed by atoms with Gasteiger partial charge in [-0.15, -0.1) is 0 Å². The second-order valence-electron chi connectivity index (χ2n) is 10.2. The van der Waals surface area contributed by atoms with Crippen LogP contribution in [0.5, 0.6) is 0 Å². The first-order valence-electron chi connectivity index (χ1n) is 16.1. The normalized spacial score (nSPS) is 10.1.